The Morgan fingerprint density at radius 2 is 2.04 bits per heavy atom. The fourth-order valence-electron chi connectivity index (χ4n) is 3.84. The molecule has 3 heterocycles. The second-order valence-electron chi connectivity index (χ2n) is 7.07. The van der Waals surface area contributed by atoms with Gasteiger partial charge in [0.25, 0.3) is 5.91 Å². The molecule has 1 unspecified atom stereocenters. The quantitative estimate of drug-likeness (QED) is 0.804. The van der Waals surface area contributed by atoms with Gasteiger partial charge in [-0.25, -0.2) is 9.67 Å². The maximum atomic E-state index is 13.1. The van der Waals surface area contributed by atoms with Crippen molar-refractivity contribution in [1.82, 2.24) is 24.6 Å². The van der Waals surface area contributed by atoms with Crippen molar-refractivity contribution < 1.29 is 9.53 Å². The molecule has 0 radical (unpaired) electrons. The molecule has 1 aromatic heterocycles. The van der Waals surface area contributed by atoms with Crippen molar-refractivity contribution in [3.05, 3.63) is 48.0 Å². The zero-order valence-electron chi connectivity index (χ0n) is 15.0. The first kappa shape index (κ1) is 17.2. The normalized spacial score (nSPS) is 21.2. The molecule has 2 fully saturated rings. The molecule has 2 aromatic rings. The molecule has 0 aliphatic carbocycles. The summed E-state index contributed by atoms with van der Waals surface area (Å²) in [6.07, 6.45) is 4.27. The Morgan fingerprint density at radius 3 is 2.85 bits per heavy atom. The fourth-order valence-corrected chi connectivity index (χ4v) is 3.84. The van der Waals surface area contributed by atoms with Crippen LogP contribution in [0.5, 0.6) is 0 Å². The van der Waals surface area contributed by atoms with Gasteiger partial charge in [-0.15, -0.1) is 0 Å². The third-order valence-electron chi connectivity index (χ3n) is 5.24. The number of hydrogen-bond acceptors (Lipinski definition) is 5. The molecule has 138 valence electrons. The Balaban J connectivity index is 1.40. The van der Waals surface area contributed by atoms with Gasteiger partial charge in [0.1, 0.15) is 12.7 Å². The van der Waals surface area contributed by atoms with Gasteiger partial charge < -0.3 is 9.64 Å². The van der Waals surface area contributed by atoms with Gasteiger partial charge >= 0.3 is 0 Å². The molecule has 0 saturated carbocycles. The van der Waals surface area contributed by atoms with Crippen LogP contribution in [0.4, 0.5) is 0 Å². The summed E-state index contributed by atoms with van der Waals surface area (Å²) >= 11 is 0. The monoisotopic (exact) mass is 355 g/mol. The maximum absolute atomic E-state index is 13.1. The summed E-state index contributed by atoms with van der Waals surface area (Å²) < 4.78 is 7.17. The van der Waals surface area contributed by atoms with E-state index in [9.17, 15) is 4.79 Å². The third-order valence-corrected chi connectivity index (χ3v) is 5.24. The number of ether oxygens (including phenoxy) is 1. The summed E-state index contributed by atoms with van der Waals surface area (Å²) in [6.45, 7) is 6.96. The molecule has 2 aliphatic rings. The second kappa shape index (κ2) is 7.97. The van der Waals surface area contributed by atoms with Crippen molar-refractivity contribution in [2.75, 3.05) is 45.9 Å². The van der Waals surface area contributed by atoms with E-state index in [0.717, 1.165) is 63.5 Å². The molecular weight excluding hydrogens is 330 g/mol. The summed E-state index contributed by atoms with van der Waals surface area (Å²) in [5.41, 5.74) is 1.76. The van der Waals surface area contributed by atoms with Crippen molar-refractivity contribution in [3.8, 4) is 0 Å². The highest BCUT2D eigenvalue weighted by molar-refractivity contribution is 5.95. The first-order chi connectivity index (χ1) is 12.8. The van der Waals surface area contributed by atoms with Crippen LogP contribution in [0.1, 0.15) is 22.3 Å². The molecule has 1 aromatic carbocycles. The number of nitrogens with zero attached hydrogens (tertiary/aromatic N) is 5. The van der Waals surface area contributed by atoms with Gasteiger partial charge in [-0.1, -0.05) is 18.2 Å². The lowest BCUT2D eigenvalue weighted by Crippen LogP contribution is -2.40. The number of amides is 1. The molecule has 1 amide bonds. The van der Waals surface area contributed by atoms with E-state index >= 15 is 0 Å². The van der Waals surface area contributed by atoms with Crippen LogP contribution in [0.25, 0.3) is 0 Å². The smallest absolute Gasteiger partial charge is 0.254 e. The highest BCUT2D eigenvalue weighted by Gasteiger charge is 2.29. The number of hydrogen-bond donors (Lipinski definition) is 0. The Bertz CT molecular complexity index is 727. The molecule has 2 aliphatic heterocycles. The number of likely N-dealkylation sites (tertiary alicyclic amines) is 1. The van der Waals surface area contributed by atoms with Gasteiger partial charge in [-0.3, -0.25) is 9.69 Å². The topological polar surface area (TPSA) is 63.5 Å². The van der Waals surface area contributed by atoms with E-state index in [2.05, 4.69) is 15.0 Å². The number of aromatic nitrogens is 3. The highest BCUT2D eigenvalue weighted by Crippen LogP contribution is 2.22. The standard InChI is InChI=1S/C19H25N5O2/c25-19(18-4-2-1-3-17(18)13-24-15-20-14-21-24)23-6-5-16(12-23)11-22-7-9-26-10-8-22/h1-4,14-16H,5-13H2. The first-order valence-electron chi connectivity index (χ1n) is 9.29. The van der Waals surface area contributed by atoms with E-state index in [1.54, 1.807) is 11.0 Å². The largest absolute Gasteiger partial charge is 0.379 e. The Hall–Kier alpha value is -2.25. The Kier molecular flexibility index (Phi) is 5.26. The average molecular weight is 355 g/mol. The van der Waals surface area contributed by atoms with Crippen LogP contribution in [-0.4, -0.2) is 76.4 Å². The molecule has 0 bridgehead atoms. The van der Waals surface area contributed by atoms with Crippen LogP contribution in [0.2, 0.25) is 0 Å². The Labute approximate surface area is 153 Å². The fraction of sp³-hybridized carbons (Fsp3) is 0.526. The van der Waals surface area contributed by atoms with Gasteiger partial charge in [0, 0.05) is 38.3 Å². The minimum absolute atomic E-state index is 0.130. The number of carbonyl (C=O) groups is 1. The Morgan fingerprint density at radius 1 is 1.19 bits per heavy atom. The summed E-state index contributed by atoms with van der Waals surface area (Å²) in [5, 5.41) is 4.15. The van der Waals surface area contributed by atoms with Crippen molar-refractivity contribution >= 4 is 5.91 Å². The zero-order chi connectivity index (χ0) is 17.8. The molecular formula is C19H25N5O2. The van der Waals surface area contributed by atoms with Gasteiger partial charge in [-0.05, 0) is 24.0 Å². The molecule has 4 rings (SSSR count). The van der Waals surface area contributed by atoms with Gasteiger partial charge in [0.15, 0.2) is 0 Å². The number of carbonyl (C=O) groups excluding carboxylic acids is 1. The summed E-state index contributed by atoms with van der Waals surface area (Å²) in [5.74, 6) is 0.685. The third kappa shape index (κ3) is 3.94. The molecule has 7 heteroatoms. The highest BCUT2D eigenvalue weighted by atomic mass is 16.5. The number of benzene rings is 1. The van der Waals surface area contributed by atoms with Gasteiger partial charge in [-0.2, -0.15) is 5.10 Å². The number of rotatable bonds is 5. The van der Waals surface area contributed by atoms with E-state index < -0.39 is 0 Å². The van der Waals surface area contributed by atoms with E-state index in [1.165, 1.54) is 6.33 Å². The lowest BCUT2D eigenvalue weighted by Gasteiger charge is -2.29. The van der Waals surface area contributed by atoms with E-state index in [0.29, 0.717) is 12.5 Å². The molecule has 0 spiro atoms. The van der Waals surface area contributed by atoms with Crippen molar-refractivity contribution in [2.45, 2.75) is 13.0 Å². The van der Waals surface area contributed by atoms with Crippen LogP contribution < -0.4 is 0 Å². The van der Waals surface area contributed by atoms with Crippen LogP contribution in [0.15, 0.2) is 36.9 Å². The molecule has 1 atom stereocenters. The minimum atomic E-state index is 0.130. The molecule has 7 nitrogen and oxygen atoms in total. The molecule has 26 heavy (non-hydrogen) atoms. The summed E-state index contributed by atoms with van der Waals surface area (Å²) in [4.78, 5) is 21.5. The van der Waals surface area contributed by atoms with Crippen molar-refractivity contribution in [2.24, 2.45) is 5.92 Å². The number of morpholine rings is 1. The zero-order valence-corrected chi connectivity index (χ0v) is 15.0. The second-order valence-corrected chi connectivity index (χ2v) is 7.07. The first-order valence-corrected chi connectivity index (χ1v) is 9.29. The van der Waals surface area contributed by atoms with Crippen LogP contribution in [0.3, 0.4) is 0 Å². The van der Waals surface area contributed by atoms with Crippen LogP contribution in [-0.2, 0) is 11.3 Å². The van der Waals surface area contributed by atoms with E-state index in [4.69, 9.17) is 4.74 Å². The SMILES string of the molecule is O=C(c1ccccc1Cn1cncn1)N1CCC(CN2CCOCC2)C1. The van der Waals surface area contributed by atoms with Crippen molar-refractivity contribution in [1.29, 1.82) is 0 Å². The van der Waals surface area contributed by atoms with E-state index in [-0.39, 0.29) is 5.91 Å². The predicted octanol–water partition coefficient (Wildman–Crippen LogP) is 1.12. The predicted molar refractivity (Wildman–Crippen MR) is 96.8 cm³/mol. The lowest BCUT2D eigenvalue weighted by molar-refractivity contribution is 0.0310. The summed E-state index contributed by atoms with van der Waals surface area (Å²) in [7, 11) is 0. The van der Waals surface area contributed by atoms with Gasteiger partial charge in [0.2, 0.25) is 0 Å². The molecule has 2 saturated heterocycles. The molecule has 0 N–H and O–H groups in total. The summed E-state index contributed by atoms with van der Waals surface area (Å²) in [6, 6.07) is 7.81. The maximum Gasteiger partial charge on any atom is 0.254 e. The van der Waals surface area contributed by atoms with Crippen LogP contribution >= 0.6 is 0 Å². The van der Waals surface area contributed by atoms with E-state index in [1.807, 2.05) is 29.2 Å². The van der Waals surface area contributed by atoms with Crippen molar-refractivity contribution in [3.63, 3.8) is 0 Å². The van der Waals surface area contributed by atoms with Crippen LogP contribution in [0, 0.1) is 5.92 Å². The minimum Gasteiger partial charge on any atom is -0.379 e. The average Bonchev–Trinajstić information content (AvgIpc) is 3.35. The lowest BCUT2D eigenvalue weighted by atomic mass is 10.1. The van der Waals surface area contributed by atoms with Gasteiger partial charge in [0.05, 0.1) is 19.8 Å².